The highest BCUT2D eigenvalue weighted by Gasteiger charge is 2.21. The van der Waals surface area contributed by atoms with Crippen LogP contribution in [0.2, 0.25) is 0 Å². The average Bonchev–Trinajstić information content (AvgIpc) is 2.91. The van der Waals surface area contributed by atoms with Gasteiger partial charge in [0.05, 0.1) is 26.2 Å². The third kappa shape index (κ3) is 2.97. The number of hydrogen-bond acceptors (Lipinski definition) is 4. The van der Waals surface area contributed by atoms with E-state index in [1.807, 2.05) is 23.6 Å². The summed E-state index contributed by atoms with van der Waals surface area (Å²) in [6.45, 7) is 0. The molecular formula is C14H14Br2O3S. The minimum absolute atomic E-state index is 0.0200. The third-order valence-electron chi connectivity index (χ3n) is 2.88. The first-order valence-electron chi connectivity index (χ1n) is 5.79. The van der Waals surface area contributed by atoms with Gasteiger partial charge in [-0.3, -0.25) is 0 Å². The van der Waals surface area contributed by atoms with Crippen LogP contribution in [-0.4, -0.2) is 21.3 Å². The van der Waals surface area contributed by atoms with Gasteiger partial charge in [0.15, 0.2) is 11.5 Å². The SMILES string of the molecule is COc1cc(OC)c(C(Br)c2sccc2Br)cc1OC. The maximum atomic E-state index is 5.47. The lowest BCUT2D eigenvalue weighted by atomic mass is 10.1. The summed E-state index contributed by atoms with van der Waals surface area (Å²) in [7, 11) is 4.88. The van der Waals surface area contributed by atoms with Gasteiger partial charge in [-0.05, 0) is 33.4 Å². The summed E-state index contributed by atoms with van der Waals surface area (Å²) in [6, 6.07) is 5.80. The van der Waals surface area contributed by atoms with Crippen LogP contribution in [0.4, 0.5) is 0 Å². The maximum absolute atomic E-state index is 5.47. The zero-order valence-corrected chi connectivity index (χ0v) is 15.3. The molecule has 0 saturated carbocycles. The van der Waals surface area contributed by atoms with Crippen molar-refractivity contribution >= 4 is 43.2 Å². The van der Waals surface area contributed by atoms with Crippen LogP contribution in [0.1, 0.15) is 15.3 Å². The van der Waals surface area contributed by atoms with E-state index in [2.05, 4.69) is 31.9 Å². The highest BCUT2D eigenvalue weighted by atomic mass is 79.9. The first-order chi connectivity index (χ1) is 9.62. The Morgan fingerprint density at radius 1 is 1.00 bits per heavy atom. The molecule has 0 spiro atoms. The molecule has 0 aliphatic carbocycles. The highest BCUT2D eigenvalue weighted by Crippen LogP contribution is 2.45. The highest BCUT2D eigenvalue weighted by molar-refractivity contribution is 9.11. The summed E-state index contributed by atoms with van der Waals surface area (Å²) in [4.78, 5) is 1.20. The minimum Gasteiger partial charge on any atom is -0.496 e. The van der Waals surface area contributed by atoms with Crippen molar-refractivity contribution < 1.29 is 14.2 Å². The van der Waals surface area contributed by atoms with E-state index in [9.17, 15) is 0 Å². The van der Waals surface area contributed by atoms with E-state index >= 15 is 0 Å². The van der Waals surface area contributed by atoms with Crippen LogP contribution in [0, 0.1) is 0 Å². The van der Waals surface area contributed by atoms with Crippen molar-refractivity contribution in [2.24, 2.45) is 0 Å². The van der Waals surface area contributed by atoms with Crippen molar-refractivity contribution in [1.82, 2.24) is 0 Å². The molecule has 0 N–H and O–H groups in total. The van der Waals surface area contributed by atoms with Crippen molar-refractivity contribution in [3.63, 3.8) is 0 Å². The van der Waals surface area contributed by atoms with Crippen LogP contribution in [0.25, 0.3) is 0 Å². The molecule has 6 heteroatoms. The Hall–Kier alpha value is -0.720. The molecule has 1 heterocycles. The van der Waals surface area contributed by atoms with Gasteiger partial charge < -0.3 is 14.2 Å². The van der Waals surface area contributed by atoms with Gasteiger partial charge in [-0.2, -0.15) is 0 Å². The number of benzene rings is 1. The van der Waals surface area contributed by atoms with Gasteiger partial charge in [0.2, 0.25) is 0 Å². The molecule has 3 nitrogen and oxygen atoms in total. The molecule has 1 aromatic heterocycles. The molecule has 0 bridgehead atoms. The molecule has 0 aliphatic rings. The molecule has 1 aromatic carbocycles. The minimum atomic E-state index is 0.0200. The molecule has 0 fully saturated rings. The van der Waals surface area contributed by atoms with Crippen molar-refractivity contribution in [2.75, 3.05) is 21.3 Å². The third-order valence-corrected chi connectivity index (χ3v) is 6.07. The Labute approximate surface area is 139 Å². The summed E-state index contributed by atoms with van der Waals surface area (Å²) in [5, 5.41) is 2.04. The first kappa shape index (κ1) is 15.7. The normalized spacial score (nSPS) is 12.1. The molecule has 0 saturated heterocycles. The maximum Gasteiger partial charge on any atom is 0.164 e. The number of rotatable bonds is 5. The van der Waals surface area contributed by atoms with Crippen LogP contribution in [0.3, 0.4) is 0 Å². The van der Waals surface area contributed by atoms with E-state index in [0.29, 0.717) is 11.5 Å². The van der Waals surface area contributed by atoms with Crippen LogP contribution >= 0.6 is 43.2 Å². The summed E-state index contributed by atoms with van der Waals surface area (Å²) >= 11 is 8.96. The summed E-state index contributed by atoms with van der Waals surface area (Å²) in [5.74, 6) is 2.09. The van der Waals surface area contributed by atoms with E-state index in [-0.39, 0.29) is 4.83 Å². The van der Waals surface area contributed by atoms with E-state index in [4.69, 9.17) is 14.2 Å². The summed E-state index contributed by atoms with van der Waals surface area (Å²) in [6.07, 6.45) is 0. The van der Waals surface area contributed by atoms with Gasteiger partial charge >= 0.3 is 0 Å². The largest absolute Gasteiger partial charge is 0.496 e. The molecule has 0 radical (unpaired) electrons. The molecule has 0 amide bonds. The number of halogens is 2. The molecule has 0 aliphatic heterocycles. The zero-order valence-electron chi connectivity index (χ0n) is 11.3. The zero-order chi connectivity index (χ0) is 14.7. The molecule has 1 unspecified atom stereocenters. The van der Waals surface area contributed by atoms with Crippen molar-refractivity contribution in [3.8, 4) is 17.2 Å². The van der Waals surface area contributed by atoms with Gasteiger partial charge in [0.1, 0.15) is 5.75 Å². The van der Waals surface area contributed by atoms with Gasteiger partial charge in [-0.15, -0.1) is 11.3 Å². The monoisotopic (exact) mass is 420 g/mol. The fraction of sp³-hybridized carbons (Fsp3) is 0.286. The lowest BCUT2D eigenvalue weighted by molar-refractivity contribution is 0.348. The summed E-state index contributed by atoms with van der Waals surface area (Å²) < 4.78 is 17.2. The smallest absolute Gasteiger partial charge is 0.164 e. The number of ether oxygens (including phenoxy) is 3. The molecular weight excluding hydrogens is 408 g/mol. The Morgan fingerprint density at radius 2 is 1.60 bits per heavy atom. The number of alkyl halides is 1. The van der Waals surface area contributed by atoms with E-state index in [1.54, 1.807) is 32.7 Å². The Balaban J connectivity index is 2.52. The van der Waals surface area contributed by atoms with Crippen LogP contribution in [0.5, 0.6) is 17.2 Å². The quantitative estimate of drug-likeness (QED) is 0.634. The Morgan fingerprint density at radius 3 is 2.10 bits per heavy atom. The average molecular weight is 422 g/mol. The first-order valence-corrected chi connectivity index (χ1v) is 8.38. The lowest BCUT2D eigenvalue weighted by Gasteiger charge is -2.17. The fourth-order valence-electron chi connectivity index (χ4n) is 1.88. The predicted octanol–water partition coefficient (Wildman–Crippen LogP) is 5.02. The predicted molar refractivity (Wildman–Crippen MR) is 88.9 cm³/mol. The number of methoxy groups -OCH3 is 3. The van der Waals surface area contributed by atoms with Crippen molar-refractivity contribution in [2.45, 2.75) is 4.83 Å². The van der Waals surface area contributed by atoms with E-state index in [1.165, 1.54) is 4.88 Å². The van der Waals surface area contributed by atoms with E-state index < -0.39 is 0 Å². The Bertz CT molecular complexity index is 598. The standard InChI is InChI=1S/C14H14Br2O3S/c1-17-10-7-12(19-3)11(18-2)6-8(10)13(16)14-9(15)4-5-20-14/h4-7,13H,1-3H3. The van der Waals surface area contributed by atoms with Crippen molar-refractivity contribution in [1.29, 1.82) is 0 Å². The van der Waals surface area contributed by atoms with Gasteiger partial charge in [-0.25, -0.2) is 0 Å². The second kappa shape index (κ2) is 6.83. The number of thiophene rings is 1. The van der Waals surface area contributed by atoms with E-state index in [0.717, 1.165) is 15.8 Å². The van der Waals surface area contributed by atoms with Crippen LogP contribution in [-0.2, 0) is 0 Å². The molecule has 2 rings (SSSR count). The second-order valence-corrected chi connectivity index (χ2v) is 6.66. The second-order valence-electron chi connectivity index (χ2n) is 3.94. The van der Waals surface area contributed by atoms with Crippen LogP contribution in [0.15, 0.2) is 28.1 Å². The van der Waals surface area contributed by atoms with Crippen LogP contribution < -0.4 is 14.2 Å². The molecule has 20 heavy (non-hydrogen) atoms. The molecule has 108 valence electrons. The number of hydrogen-bond donors (Lipinski definition) is 0. The summed E-state index contributed by atoms with van der Waals surface area (Å²) in [5.41, 5.74) is 0.994. The van der Waals surface area contributed by atoms with Gasteiger partial charge in [0.25, 0.3) is 0 Å². The molecule has 1 atom stereocenters. The topological polar surface area (TPSA) is 27.7 Å². The van der Waals surface area contributed by atoms with Gasteiger partial charge in [0, 0.05) is 21.0 Å². The molecule has 2 aromatic rings. The Kier molecular flexibility index (Phi) is 5.35. The fourth-order valence-corrected chi connectivity index (χ4v) is 4.71. The lowest BCUT2D eigenvalue weighted by Crippen LogP contribution is -1.99. The van der Waals surface area contributed by atoms with Gasteiger partial charge in [-0.1, -0.05) is 15.9 Å². The van der Waals surface area contributed by atoms with Crippen molar-refractivity contribution in [3.05, 3.63) is 38.5 Å².